The average Bonchev–Trinajstić information content (AvgIpc) is 3.17. The van der Waals surface area contributed by atoms with Gasteiger partial charge in [0.1, 0.15) is 0 Å². The third-order valence-corrected chi connectivity index (χ3v) is 8.78. The lowest BCUT2D eigenvalue weighted by Gasteiger charge is -2.32. The summed E-state index contributed by atoms with van der Waals surface area (Å²) < 4.78 is 0. The lowest BCUT2D eigenvalue weighted by Crippen LogP contribution is -2.14. The largest absolute Gasteiger partial charge is 0.309 e. The van der Waals surface area contributed by atoms with E-state index >= 15 is 0 Å². The van der Waals surface area contributed by atoms with Crippen LogP contribution in [0.15, 0.2) is 194 Å². The molecular formula is C46H34N2. The SMILES string of the molecule is C(=C/c1ccc(N(c2ccccc2)c2c3ccccc3c(N(c3ccccc3)c3ccccc3)c3ccccc23)cc1)/c1ccccc1. The van der Waals surface area contributed by atoms with Gasteiger partial charge in [-0.05, 0) is 59.7 Å². The van der Waals surface area contributed by atoms with Crippen molar-refractivity contribution in [1.82, 2.24) is 0 Å². The van der Waals surface area contributed by atoms with Crippen LogP contribution in [0, 0.1) is 0 Å². The Kier molecular flexibility index (Phi) is 7.96. The van der Waals surface area contributed by atoms with Crippen molar-refractivity contribution in [3.63, 3.8) is 0 Å². The molecule has 0 N–H and O–H groups in total. The molecule has 48 heavy (non-hydrogen) atoms. The Morgan fingerprint density at radius 2 is 0.521 bits per heavy atom. The molecule has 2 heteroatoms. The second-order valence-electron chi connectivity index (χ2n) is 11.8. The summed E-state index contributed by atoms with van der Waals surface area (Å²) >= 11 is 0. The van der Waals surface area contributed by atoms with E-state index in [2.05, 4.69) is 210 Å². The third-order valence-electron chi connectivity index (χ3n) is 8.78. The first-order valence-corrected chi connectivity index (χ1v) is 16.4. The predicted molar refractivity (Wildman–Crippen MR) is 206 cm³/mol. The second kappa shape index (κ2) is 13.2. The van der Waals surface area contributed by atoms with Crippen LogP contribution in [-0.4, -0.2) is 0 Å². The highest BCUT2D eigenvalue weighted by atomic mass is 15.2. The number of para-hydroxylation sites is 3. The first-order valence-electron chi connectivity index (χ1n) is 16.4. The summed E-state index contributed by atoms with van der Waals surface area (Å²) in [6.45, 7) is 0. The molecule has 0 saturated carbocycles. The molecule has 2 nitrogen and oxygen atoms in total. The lowest BCUT2D eigenvalue weighted by molar-refractivity contribution is 1.29. The maximum absolute atomic E-state index is 2.41. The maximum atomic E-state index is 2.41. The minimum Gasteiger partial charge on any atom is -0.309 e. The number of fused-ring (bicyclic) bond motifs is 2. The van der Waals surface area contributed by atoms with Crippen molar-refractivity contribution in [2.75, 3.05) is 9.80 Å². The molecule has 0 amide bonds. The number of benzene rings is 8. The van der Waals surface area contributed by atoms with E-state index in [1.807, 2.05) is 6.07 Å². The van der Waals surface area contributed by atoms with Crippen LogP contribution in [-0.2, 0) is 0 Å². The molecule has 228 valence electrons. The summed E-state index contributed by atoms with van der Waals surface area (Å²) in [6, 6.07) is 69.0. The summed E-state index contributed by atoms with van der Waals surface area (Å²) in [5.41, 5.74) is 9.10. The zero-order chi connectivity index (χ0) is 32.1. The second-order valence-corrected chi connectivity index (χ2v) is 11.8. The van der Waals surface area contributed by atoms with Crippen molar-refractivity contribution in [3.8, 4) is 0 Å². The number of nitrogens with zero attached hydrogens (tertiary/aromatic N) is 2. The Balaban J connectivity index is 1.37. The highest BCUT2D eigenvalue weighted by Gasteiger charge is 2.24. The van der Waals surface area contributed by atoms with Crippen molar-refractivity contribution in [2.24, 2.45) is 0 Å². The van der Waals surface area contributed by atoms with Gasteiger partial charge in [0, 0.05) is 44.3 Å². The van der Waals surface area contributed by atoms with Crippen LogP contribution < -0.4 is 9.80 Å². The van der Waals surface area contributed by atoms with E-state index in [1.54, 1.807) is 0 Å². The van der Waals surface area contributed by atoms with Crippen molar-refractivity contribution in [1.29, 1.82) is 0 Å². The Morgan fingerprint density at radius 1 is 0.250 bits per heavy atom. The van der Waals surface area contributed by atoms with Crippen LogP contribution in [0.25, 0.3) is 33.7 Å². The molecule has 0 aliphatic carbocycles. The maximum Gasteiger partial charge on any atom is 0.0619 e. The first-order chi connectivity index (χ1) is 23.8. The molecule has 0 heterocycles. The number of anilines is 6. The topological polar surface area (TPSA) is 6.48 Å². The normalized spacial score (nSPS) is 11.2. The van der Waals surface area contributed by atoms with Crippen LogP contribution in [0.1, 0.15) is 11.1 Å². The van der Waals surface area contributed by atoms with Crippen molar-refractivity contribution in [3.05, 3.63) is 205 Å². The molecule has 0 atom stereocenters. The molecule has 8 rings (SSSR count). The number of hydrogen-bond acceptors (Lipinski definition) is 2. The van der Waals surface area contributed by atoms with Gasteiger partial charge in [-0.3, -0.25) is 0 Å². The van der Waals surface area contributed by atoms with E-state index in [4.69, 9.17) is 0 Å². The minimum atomic E-state index is 1.10. The van der Waals surface area contributed by atoms with Gasteiger partial charge in [0.2, 0.25) is 0 Å². The third kappa shape index (κ3) is 5.61. The number of rotatable bonds is 8. The molecule has 0 unspecified atom stereocenters. The average molecular weight is 615 g/mol. The molecule has 0 radical (unpaired) electrons. The van der Waals surface area contributed by atoms with Crippen LogP contribution in [0.3, 0.4) is 0 Å². The molecule has 0 spiro atoms. The summed E-state index contributed by atoms with van der Waals surface area (Å²) in [5, 5.41) is 4.73. The summed E-state index contributed by atoms with van der Waals surface area (Å²) in [5.74, 6) is 0. The smallest absolute Gasteiger partial charge is 0.0619 e. The van der Waals surface area contributed by atoms with E-state index < -0.39 is 0 Å². The van der Waals surface area contributed by atoms with Gasteiger partial charge in [-0.1, -0.05) is 158 Å². The Morgan fingerprint density at radius 3 is 0.875 bits per heavy atom. The van der Waals surface area contributed by atoms with Crippen molar-refractivity contribution >= 4 is 67.8 Å². The van der Waals surface area contributed by atoms with Gasteiger partial charge in [0.15, 0.2) is 0 Å². The first kappa shape index (κ1) is 29.1. The zero-order valence-corrected chi connectivity index (χ0v) is 26.5. The minimum absolute atomic E-state index is 1.10. The highest BCUT2D eigenvalue weighted by molar-refractivity contribution is 6.23. The molecule has 0 saturated heterocycles. The van der Waals surface area contributed by atoms with E-state index in [-0.39, 0.29) is 0 Å². The lowest BCUT2D eigenvalue weighted by atomic mass is 9.95. The Bertz CT molecular complexity index is 2220. The molecular weight excluding hydrogens is 581 g/mol. The van der Waals surface area contributed by atoms with Crippen LogP contribution in [0.5, 0.6) is 0 Å². The summed E-state index contributed by atoms with van der Waals surface area (Å²) in [4.78, 5) is 4.81. The summed E-state index contributed by atoms with van der Waals surface area (Å²) in [7, 11) is 0. The van der Waals surface area contributed by atoms with Crippen LogP contribution >= 0.6 is 0 Å². The van der Waals surface area contributed by atoms with Gasteiger partial charge in [0.25, 0.3) is 0 Å². The summed E-state index contributed by atoms with van der Waals surface area (Å²) in [6.07, 6.45) is 4.34. The van der Waals surface area contributed by atoms with Gasteiger partial charge >= 0.3 is 0 Å². The zero-order valence-electron chi connectivity index (χ0n) is 26.5. The quantitative estimate of drug-likeness (QED) is 0.0954. The van der Waals surface area contributed by atoms with Crippen molar-refractivity contribution < 1.29 is 0 Å². The molecule has 0 aliphatic rings. The fraction of sp³-hybridized carbons (Fsp3) is 0. The molecule has 0 fully saturated rings. The van der Waals surface area contributed by atoms with Crippen LogP contribution in [0.2, 0.25) is 0 Å². The Labute approximate surface area is 282 Å². The highest BCUT2D eigenvalue weighted by Crippen LogP contribution is 2.50. The fourth-order valence-electron chi connectivity index (χ4n) is 6.60. The van der Waals surface area contributed by atoms with E-state index in [0.717, 1.165) is 39.7 Å². The standard InChI is InChI=1S/C46H34N2/c1-5-17-35(18-6-1)29-30-36-31-33-40(34-32-36)48(39-23-11-4-12-24-39)46-43-27-15-13-25-41(43)45(42-26-14-16-28-44(42)46)47(37-19-7-2-8-20-37)38-21-9-3-10-22-38/h1-34H/b30-29-. The molecule has 0 aliphatic heterocycles. The fourth-order valence-corrected chi connectivity index (χ4v) is 6.60. The monoisotopic (exact) mass is 614 g/mol. The van der Waals surface area contributed by atoms with E-state index in [9.17, 15) is 0 Å². The predicted octanol–water partition coefficient (Wildman–Crippen LogP) is 13.1. The van der Waals surface area contributed by atoms with Crippen molar-refractivity contribution in [2.45, 2.75) is 0 Å². The van der Waals surface area contributed by atoms with E-state index in [1.165, 1.54) is 27.1 Å². The van der Waals surface area contributed by atoms with Gasteiger partial charge < -0.3 is 9.80 Å². The van der Waals surface area contributed by atoms with Gasteiger partial charge in [-0.25, -0.2) is 0 Å². The van der Waals surface area contributed by atoms with Gasteiger partial charge in [0.05, 0.1) is 11.4 Å². The Hall–Kier alpha value is -6.38. The molecule has 0 aromatic heterocycles. The van der Waals surface area contributed by atoms with E-state index in [0.29, 0.717) is 0 Å². The molecule has 8 aromatic rings. The van der Waals surface area contributed by atoms with Gasteiger partial charge in [-0.15, -0.1) is 0 Å². The van der Waals surface area contributed by atoms with Crippen LogP contribution in [0.4, 0.5) is 34.1 Å². The molecule has 8 aromatic carbocycles. The number of hydrogen-bond donors (Lipinski definition) is 0. The molecule has 0 bridgehead atoms. The van der Waals surface area contributed by atoms with Gasteiger partial charge in [-0.2, -0.15) is 0 Å².